The summed E-state index contributed by atoms with van der Waals surface area (Å²) in [5.74, 6) is -0.552. The summed E-state index contributed by atoms with van der Waals surface area (Å²) in [6.07, 6.45) is -4.37. The van der Waals surface area contributed by atoms with E-state index in [9.17, 15) is 18.0 Å². The van der Waals surface area contributed by atoms with Gasteiger partial charge in [0.2, 0.25) is 0 Å². The molecule has 0 aliphatic rings. The molecule has 0 amide bonds. The van der Waals surface area contributed by atoms with Crippen LogP contribution < -0.4 is 5.32 Å². The summed E-state index contributed by atoms with van der Waals surface area (Å²) in [7, 11) is 1.25. The van der Waals surface area contributed by atoms with E-state index in [0.29, 0.717) is 15.7 Å². The van der Waals surface area contributed by atoms with E-state index in [1.807, 2.05) is 0 Å². The highest BCUT2D eigenvalue weighted by molar-refractivity contribution is 7.15. The average molecular weight is 316 g/mol. The third kappa shape index (κ3) is 3.52. The van der Waals surface area contributed by atoms with Crippen LogP contribution in [0, 0.1) is 6.92 Å². The van der Waals surface area contributed by atoms with Gasteiger partial charge in [0.15, 0.2) is 10.8 Å². The number of nitrogens with zero attached hydrogens (tertiary/aromatic N) is 1. The second kappa shape index (κ2) is 5.72. The molecule has 0 atom stereocenters. The van der Waals surface area contributed by atoms with Crippen LogP contribution in [-0.4, -0.2) is 18.1 Å². The lowest BCUT2D eigenvalue weighted by molar-refractivity contribution is -0.137. The summed E-state index contributed by atoms with van der Waals surface area (Å²) < 4.78 is 41.9. The van der Waals surface area contributed by atoms with E-state index in [4.69, 9.17) is 0 Å². The average Bonchev–Trinajstić information content (AvgIpc) is 2.78. The topological polar surface area (TPSA) is 51.2 Å². The highest BCUT2D eigenvalue weighted by atomic mass is 32.1. The molecular weight excluding hydrogens is 305 g/mol. The monoisotopic (exact) mass is 316 g/mol. The van der Waals surface area contributed by atoms with Crippen LogP contribution in [0.2, 0.25) is 0 Å². The molecule has 21 heavy (non-hydrogen) atoms. The standard InChI is InChI=1S/C13H11F3N2O2S/c1-7-10(11(19)20-2)18-12(21-7)17-9-5-3-8(4-6-9)13(14,15)16/h3-6H,1-2H3,(H,17,18). The molecule has 0 spiro atoms. The van der Waals surface area contributed by atoms with Gasteiger partial charge in [-0.1, -0.05) is 0 Å². The number of aryl methyl sites for hydroxylation is 1. The van der Waals surface area contributed by atoms with Crippen molar-refractivity contribution < 1.29 is 22.7 Å². The summed E-state index contributed by atoms with van der Waals surface area (Å²) in [4.78, 5) is 16.1. The number of carbonyl (C=O) groups excluding carboxylic acids is 1. The number of hydrogen-bond donors (Lipinski definition) is 1. The molecule has 0 radical (unpaired) electrons. The molecule has 0 saturated carbocycles. The maximum absolute atomic E-state index is 12.4. The van der Waals surface area contributed by atoms with Gasteiger partial charge in [0.05, 0.1) is 12.7 Å². The number of nitrogens with one attached hydrogen (secondary N) is 1. The predicted molar refractivity (Wildman–Crippen MR) is 72.9 cm³/mol. The summed E-state index contributed by atoms with van der Waals surface area (Å²) in [6.45, 7) is 1.71. The number of benzene rings is 1. The Labute approximate surface area is 122 Å². The smallest absolute Gasteiger partial charge is 0.416 e. The number of esters is 1. The molecule has 0 saturated heterocycles. The van der Waals surface area contributed by atoms with Crippen LogP contribution in [0.4, 0.5) is 24.0 Å². The van der Waals surface area contributed by atoms with E-state index < -0.39 is 17.7 Å². The van der Waals surface area contributed by atoms with Crippen molar-refractivity contribution in [2.45, 2.75) is 13.1 Å². The molecule has 1 aromatic heterocycles. The number of ether oxygens (including phenoxy) is 1. The number of aromatic nitrogens is 1. The van der Waals surface area contributed by atoms with Crippen molar-refractivity contribution in [1.29, 1.82) is 0 Å². The van der Waals surface area contributed by atoms with Crippen LogP contribution in [0.15, 0.2) is 24.3 Å². The van der Waals surface area contributed by atoms with E-state index >= 15 is 0 Å². The quantitative estimate of drug-likeness (QED) is 0.870. The lowest BCUT2D eigenvalue weighted by Gasteiger charge is -2.07. The third-order valence-electron chi connectivity index (χ3n) is 2.64. The van der Waals surface area contributed by atoms with Crippen LogP contribution in [0.1, 0.15) is 20.9 Å². The van der Waals surface area contributed by atoms with Gasteiger partial charge in [-0.05, 0) is 31.2 Å². The minimum Gasteiger partial charge on any atom is -0.464 e. The van der Waals surface area contributed by atoms with Crippen molar-refractivity contribution in [2.75, 3.05) is 12.4 Å². The van der Waals surface area contributed by atoms with Crippen LogP contribution in [0.5, 0.6) is 0 Å². The number of carbonyl (C=O) groups is 1. The Kier molecular flexibility index (Phi) is 4.17. The summed E-state index contributed by atoms with van der Waals surface area (Å²) in [6, 6.07) is 4.56. The van der Waals surface area contributed by atoms with Gasteiger partial charge in [-0.25, -0.2) is 9.78 Å². The number of thiazole rings is 1. The molecule has 1 heterocycles. The van der Waals surface area contributed by atoms with Gasteiger partial charge in [-0.2, -0.15) is 13.2 Å². The molecule has 0 fully saturated rings. The van der Waals surface area contributed by atoms with Gasteiger partial charge < -0.3 is 10.1 Å². The first-order valence-electron chi connectivity index (χ1n) is 5.81. The first kappa shape index (κ1) is 15.3. The highest BCUT2D eigenvalue weighted by Crippen LogP contribution is 2.31. The van der Waals surface area contributed by atoms with E-state index in [2.05, 4.69) is 15.0 Å². The molecule has 0 aliphatic heterocycles. The zero-order chi connectivity index (χ0) is 15.6. The van der Waals surface area contributed by atoms with E-state index in [1.54, 1.807) is 6.92 Å². The van der Waals surface area contributed by atoms with Gasteiger partial charge in [0.1, 0.15) is 0 Å². The number of alkyl halides is 3. The number of anilines is 2. The van der Waals surface area contributed by atoms with Gasteiger partial charge in [0.25, 0.3) is 0 Å². The van der Waals surface area contributed by atoms with E-state index in [1.165, 1.54) is 30.6 Å². The predicted octanol–water partition coefficient (Wildman–Crippen LogP) is 4.00. The molecule has 2 aromatic rings. The second-order valence-electron chi connectivity index (χ2n) is 4.12. The van der Waals surface area contributed by atoms with Crippen molar-refractivity contribution in [2.24, 2.45) is 0 Å². The second-order valence-corrected chi connectivity index (χ2v) is 5.32. The van der Waals surface area contributed by atoms with Crippen molar-refractivity contribution in [3.8, 4) is 0 Å². The highest BCUT2D eigenvalue weighted by Gasteiger charge is 2.30. The van der Waals surface area contributed by atoms with Crippen molar-refractivity contribution in [3.05, 3.63) is 40.4 Å². The minimum atomic E-state index is -4.37. The van der Waals surface area contributed by atoms with Crippen LogP contribution >= 0.6 is 11.3 Å². The SMILES string of the molecule is COC(=O)c1nc(Nc2ccc(C(F)(F)F)cc2)sc1C. The third-order valence-corrected chi connectivity index (χ3v) is 3.53. The van der Waals surface area contributed by atoms with Gasteiger partial charge in [0, 0.05) is 10.6 Å². The fourth-order valence-corrected chi connectivity index (χ4v) is 2.42. The molecule has 1 N–H and O–H groups in total. The Balaban J connectivity index is 2.17. The Morgan fingerprint density at radius 1 is 1.29 bits per heavy atom. The zero-order valence-electron chi connectivity index (χ0n) is 11.1. The van der Waals surface area contributed by atoms with Crippen LogP contribution in [0.3, 0.4) is 0 Å². The first-order chi connectivity index (χ1) is 9.81. The van der Waals surface area contributed by atoms with Crippen molar-refractivity contribution in [3.63, 3.8) is 0 Å². The van der Waals surface area contributed by atoms with Crippen LogP contribution in [0.25, 0.3) is 0 Å². The molecule has 8 heteroatoms. The largest absolute Gasteiger partial charge is 0.464 e. The van der Waals surface area contributed by atoms with E-state index in [0.717, 1.165) is 12.1 Å². The summed E-state index contributed by atoms with van der Waals surface area (Å²) >= 11 is 1.22. The molecule has 0 aliphatic carbocycles. The first-order valence-corrected chi connectivity index (χ1v) is 6.63. The number of halogens is 3. The Hall–Kier alpha value is -2.09. The Bertz CT molecular complexity index is 650. The maximum atomic E-state index is 12.4. The lowest BCUT2D eigenvalue weighted by atomic mass is 10.2. The fraction of sp³-hybridized carbons (Fsp3) is 0.231. The van der Waals surface area contributed by atoms with E-state index in [-0.39, 0.29) is 5.69 Å². The molecule has 0 unspecified atom stereocenters. The number of rotatable bonds is 3. The maximum Gasteiger partial charge on any atom is 0.416 e. The van der Waals surface area contributed by atoms with Crippen molar-refractivity contribution >= 4 is 28.1 Å². The number of methoxy groups -OCH3 is 1. The Morgan fingerprint density at radius 3 is 2.43 bits per heavy atom. The summed E-state index contributed by atoms with van der Waals surface area (Å²) in [5.41, 5.74) is -0.0799. The zero-order valence-corrected chi connectivity index (χ0v) is 11.9. The molecule has 112 valence electrons. The Morgan fingerprint density at radius 2 is 1.90 bits per heavy atom. The molecular formula is C13H11F3N2O2S. The van der Waals surface area contributed by atoms with Crippen LogP contribution in [-0.2, 0) is 10.9 Å². The molecule has 0 bridgehead atoms. The molecule has 4 nitrogen and oxygen atoms in total. The number of hydrogen-bond acceptors (Lipinski definition) is 5. The summed E-state index contributed by atoms with van der Waals surface area (Å²) in [5, 5.41) is 3.26. The molecule has 1 aromatic carbocycles. The van der Waals surface area contributed by atoms with Gasteiger partial charge in [-0.15, -0.1) is 11.3 Å². The normalized spacial score (nSPS) is 11.3. The lowest BCUT2D eigenvalue weighted by Crippen LogP contribution is -2.04. The van der Waals surface area contributed by atoms with Crippen molar-refractivity contribution in [1.82, 2.24) is 4.98 Å². The molecule has 2 rings (SSSR count). The van der Waals surface area contributed by atoms with Gasteiger partial charge in [-0.3, -0.25) is 0 Å². The van der Waals surface area contributed by atoms with Gasteiger partial charge >= 0.3 is 12.1 Å². The minimum absolute atomic E-state index is 0.192. The fourth-order valence-electron chi connectivity index (χ4n) is 1.60.